The number of hydrogen-bond acceptors (Lipinski definition) is 2. The normalized spacial score (nSPS) is 11.3. The van der Waals surface area contributed by atoms with E-state index in [-0.39, 0.29) is 5.56 Å². The van der Waals surface area contributed by atoms with Gasteiger partial charge in [-0.3, -0.25) is 9.36 Å². The van der Waals surface area contributed by atoms with E-state index in [1.807, 2.05) is 13.8 Å². The number of aromatic amines is 1. The average molecular weight is 269 g/mol. The average Bonchev–Trinajstić information content (AvgIpc) is 2.25. The maximum atomic E-state index is 12.3. The zero-order chi connectivity index (χ0) is 12.6. The van der Waals surface area contributed by atoms with Gasteiger partial charge in [0.05, 0.1) is 10.9 Å². The van der Waals surface area contributed by atoms with E-state index in [0.717, 1.165) is 5.52 Å². The number of halogens is 1. The Morgan fingerprint density at radius 2 is 2.18 bits per heavy atom. The molecular weight excluding hydrogens is 256 g/mol. The molecule has 0 aliphatic heterocycles. The van der Waals surface area contributed by atoms with Crippen molar-refractivity contribution in [3.63, 3.8) is 0 Å². The Labute approximate surface area is 109 Å². The molecule has 0 fully saturated rings. The minimum atomic E-state index is -0.0834. The van der Waals surface area contributed by atoms with Crippen LogP contribution in [0.4, 0.5) is 0 Å². The summed E-state index contributed by atoms with van der Waals surface area (Å²) in [6.45, 7) is 4.70. The maximum absolute atomic E-state index is 12.3. The highest BCUT2D eigenvalue weighted by atomic mass is 35.5. The van der Waals surface area contributed by atoms with Crippen LogP contribution in [0.5, 0.6) is 0 Å². The van der Waals surface area contributed by atoms with Crippen LogP contribution in [0.25, 0.3) is 10.9 Å². The number of aromatic nitrogens is 2. The van der Waals surface area contributed by atoms with E-state index in [2.05, 4.69) is 4.98 Å². The number of nitrogens with zero attached hydrogens (tertiary/aromatic N) is 1. The lowest BCUT2D eigenvalue weighted by Gasteiger charge is -2.10. The standard InChI is InChI=1S/C12H13ClN2OS/c1-7(2)6-15-11(16)9-5-8(13)3-4-10(9)14-12(15)17/h3-5,7H,6H2,1-2H3,(H,14,17). The van der Waals surface area contributed by atoms with Crippen molar-refractivity contribution in [1.29, 1.82) is 0 Å². The van der Waals surface area contributed by atoms with Crippen molar-refractivity contribution >= 4 is 34.7 Å². The molecule has 1 aromatic carbocycles. The molecule has 0 saturated carbocycles. The number of nitrogens with one attached hydrogen (secondary N) is 1. The molecule has 0 spiro atoms. The highest BCUT2D eigenvalue weighted by molar-refractivity contribution is 7.71. The van der Waals surface area contributed by atoms with Crippen molar-refractivity contribution in [2.24, 2.45) is 5.92 Å². The highest BCUT2D eigenvalue weighted by Crippen LogP contribution is 2.14. The van der Waals surface area contributed by atoms with Gasteiger partial charge in [0.1, 0.15) is 0 Å². The summed E-state index contributed by atoms with van der Waals surface area (Å²) in [6, 6.07) is 5.18. The van der Waals surface area contributed by atoms with Gasteiger partial charge in [-0.25, -0.2) is 0 Å². The minimum Gasteiger partial charge on any atom is -0.332 e. The molecule has 2 aromatic rings. The fourth-order valence-electron chi connectivity index (χ4n) is 1.75. The zero-order valence-corrected chi connectivity index (χ0v) is 11.2. The Morgan fingerprint density at radius 3 is 2.82 bits per heavy atom. The van der Waals surface area contributed by atoms with Gasteiger partial charge in [0.25, 0.3) is 5.56 Å². The third kappa shape index (κ3) is 2.42. The van der Waals surface area contributed by atoms with Gasteiger partial charge in [0.2, 0.25) is 0 Å². The van der Waals surface area contributed by atoms with Gasteiger partial charge in [-0.15, -0.1) is 0 Å². The lowest BCUT2D eigenvalue weighted by Crippen LogP contribution is -2.24. The summed E-state index contributed by atoms with van der Waals surface area (Å²) in [5.74, 6) is 0.361. The Kier molecular flexibility index (Phi) is 3.35. The summed E-state index contributed by atoms with van der Waals surface area (Å²) in [5.41, 5.74) is 0.643. The Balaban J connectivity index is 2.78. The summed E-state index contributed by atoms with van der Waals surface area (Å²) >= 11 is 11.1. The summed E-state index contributed by atoms with van der Waals surface area (Å²) in [7, 11) is 0. The van der Waals surface area contributed by atoms with Crippen LogP contribution < -0.4 is 5.56 Å². The predicted octanol–water partition coefficient (Wildman–Crippen LogP) is 3.37. The lowest BCUT2D eigenvalue weighted by atomic mass is 10.2. The Morgan fingerprint density at radius 1 is 1.47 bits per heavy atom. The monoisotopic (exact) mass is 268 g/mol. The Bertz CT molecular complexity index is 672. The van der Waals surface area contributed by atoms with E-state index in [1.165, 1.54) is 0 Å². The molecule has 0 unspecified atom stereocenters. The maximum Gasteiger partial charge on any atom is 0.262 e. The summed E-state index contributed by atoms with van der Waals surface area (Å²) in [4.78, 5) is 15.3. The van der Waals surface area contributed by atoms with Gasteiger partial charge < -0.3 is 4.98 Å². The van der Waals surface area contributed by atoms with E-state index < -0.39 is 0 Å². The molecule has 1 heterocycles. The first-order valence-electron chi connectivity index (χ1n) is 5.41. The van der Waals surface area contributed by atoms with Gasteiger partial charge in [0.15, 0.2) is 4.77 Å². The second-order valence-electron chi connectivity index (χ2n) is 4.43. The van der Waals surface area contributed by atoms with Crippen molar-refractivity contribution in [3.8, 4) is 0 Å². The van der Waals surface area contributed by atoms with E-state index in [9.17, 15) is 4.79 Å². The first kappa shape index (κ1) is 12.3. The molecule has 0 aliphatic carbocycles. The first-order valence-corrected chi connectivity index (χ1v) is 6.20. The second-order valence-corrected chi connectivity index (χ2v) is 5.25. The van der Waals surface area contributed by atoms with Crippen LogP contribution in [-0.4, -0.2) is 9.55 Å². The van der Waals surface area contributed by atoms with Gasteiger partial charge in [-0.1, -0.05) is 25.4 Å². The minimum absolute atomic E-state index is 0.0834. The molecular formula is C12H13ClN2OS. The molecule has 0 aliphatic rings. The molecule has 0 atom stereocenters. The summed E-state index contributed by atoms with van der Waals surface area (Å²) in [6.07, 6.45) is 0. The molecule has 3 nitrogen and oxygen atoms in total. The van der Waals surface area contributed by atoms with Crippen molar-refractivity contribution in [2.75, 3.05) is 0 Å². The van der Waals surface area contributed by atoms with Crippen LogP contribution in [0.15, 0.2) is 23.0 Å². The fraction of sp³-hybridized carbons (Fsp3) is 0.333. The molecule has 1 N–H and O–H groups in total. The molecule has 0 radical (unpaired) electrons. The van der Waals surface area contributed by atoms with Crippen molar-refractivity contribution in [3.05, 3.63) is 38.3 Å². The van der Waals surface area contributed by atoms with Gasteiger partial charge in [-0.2, -0.15) is 0 Å². The quantitative estimate of drug-likeness (QED) is 0.848. The second kappa shape index (κ2) is 4.63. The third-order valence-electron chi connectivity index (χ3n) is 2.49. The van der Waals surface area contributed by atoms with E-state index in [1.54, 1.807) is 22.8 Å². The van der Waals surface area contributed by atoms with Crippen molar-refractivity contribution < 1.29 is 0 Å². The topological polar surface area (TPSA) is 37.8 Å². The third-order valence-corrected chi connectivity index (χ3v) is 3.05. The number of benzene rings is 1. The SMILES string of the molecule is CC(C)Cn1c(=S)[nH]c2ccc(Cl)cc2c1=O. The van der Waals surface area contributed by atoms with E-state index in [0.29, 0.717) is 27.6 Å². The zero-order valence-electron chi connectivity index (χ0n) is 9.66. The molecule has 17 heavy (non-hydrogen) atoms. The van der Waals surface area contributed by atoms with Gasteiger partial charge in [0, 0.05) is 11.6 Å². The lowest BCUT2D eigenvalue weighted by molar-refractivity contribution is 0.503. The largest absolute Gasteiger partial charge is 0.332 e. The number of fused-ring (bicyclic) bond motifs is 1. The van der Waals surface area contributed by atoms with Crippen LogP contribution in [0.3, 0.4) is 0 Å². The van der Waals surface area contributed by atoms with Crippen LogP contribution in [0.2, 0.25) is 5.02 Å². The number of H-pyrrole nitrogens is 1. The number of hydrogen-bond donors (Lipinski definition) is 1. The molecule has 5 heteroatoms. The Hall–Kier alpha value is -1.13. The molecule has 0 bridgehead atoms. The fourth-order valence-corrected chi connectivity index (χ4v) is 2.19. The molecule has 0 saturated heterocycles. The predicted molar refractivity (Wildman–Crippen MR) is 73.2 cm³/mol. The molecule has 1 aromatic heterocycles. The summed E-state index contributed by atoms with van der Waals surface area (Å²) < 4.78 is 2.04. The van der Waals surface area contributed by atoms with Crippen molar-refractivity contribution in [2.45, 2.75) is 20.4 Å². The van der Waals surface area contributed by atoms with Crippen molar-refractivity contribution in [1.82, 2.24) is 9.55 Å². The first-order chi connectivity index (χ1) is 7.99. The van der Waals surface area contributed by atoms with Crippen LogP contribution in [-0.2, 0) is 6.54 Å². The van der Waals surface area contributed by atoms with Gasteiger partial charge >= 0.3 is 0 Å². The van der Waals surface area contributed by atoms with E-state index in [4.69, 9.17) is 23.8 Å². The van der Waals surface area contributed by atoms with Gasteiger partial charge in [-0.05, 0) is 36.3 Å². The van der Waals surface area contributed by atoms with Crippen LogP contribution >= 0.6 is 23.8 Å². The summed E-state index contributed by atoms with van der Waals surface area (Å²) in [5, 5.41) is 1.13. The molecule has 2 rings (SSSR count). The van der Waals surface area contributed by atoms with E-state index >= 15 is 0 Å². The smallest absolute Gasteiger partial charge is 0.262 e. The molecule has 0 amide bonds. The number of rotatable bonds is 2. The van der Waals surface area contributed by atoms with Crippen LogP contribution in [0, 0.1) is 10.7 Å². The molecule has 90 valence electrons. The van der Waals surface area contributed by atoms with Crippen LogP contribution in [0.1, 0.15) is 13.8 Å². The highest BCUT2D eigenvalue weighted by Gasteiger charge is 2.07.